The van der Waals surface area contributed by atoms with E-state index in [1.807, 2.05) is 0 Å². The van der Waals surface area contributed by atoms with E-state index in [0.29, 0.717) is 0 Å². The van der Waals surface area contributed by atoms with Crippen LogP contribution in [0.3, 0.4) is 0 Å². The molecule has 1 saturated carbocycles. The fourth-order valence-electron chi connectivity index (χ4n) is 1.51. The van der Waals surface area contributed by atoms with Crippen molar-refractivity contribution in [1.29, 1.82) is 0 Å². The molecule has 0 heterocycles. The lowest BCUT2D eigenvalue weighted by atomic mass is 10.1. The molecule has 14 heavy (non-hydrogen) atoms. The largest absolute Gasteiger partial charge is 0.317 e. The first-order chi connectivity index (χ1) is 6.58. The molecule has 0 radical (unpaired) electrons. The molecule has 0 aromatic heterocycles. The Balaban J connectivity index is 1.75. The molecule has 2 nitrogen and oxygen atoms in total. The Morgan fingerprint density at radius 3 is 2.36 bits per heavy atom. The van der Waals surface area contributed by atoms with E-state index < -0.39 is 0 Å². The molecular formula is C12H26N2. The summed E-state index contributed by atoms with van der Waals surface area (Å²) in [5, 5.41) is 7.00. The van der Waals surface area contributed by atoms with Gasteiger partial charge >= 0.3 is 0 Å². The van der Waals surface area contributed by atoms with Gasteiger partial charge in [-0.1, -0.05) is 12.8 Å². The molecule has 2 N–H and O–H groups in total. The maximum absolute atomic E-state index is 3.50. The molecule has 0 aromatic rings. The molecule has 0 unspecified atom stereocenters. The van der Waals surface area contributed by atoms with Crippen LogP contribution in [0.2, 0.25) is 0 Å². The molecule has 2 heteroatoms. The predicted octanol–water partition coefficient (Wildman–Crippen LogP) is 2.15. The van der Waals surface area contributed by atoms with Crippen molar-refractivity contribution in [2.24, 2.45) is 5.92 Å². The molecule has 1 fully saturated rings. The van der Waals surface area contributed by atoms with E-state index in [2.05, 4.69) is 31.4 Å². The van der Waals surface area contributed by atoms with Gasteiger partial charge in [0.2, 0.25) is 0 Å². The minimum Gasteiger partial charge on any atom is -0.317 e. The van der Waals surface area contributed by atoms with E-state index in [1.165, 1.54) is 32.2 Å². The van der Waals surface area contributed by atoms with Crippen molar-refractivity contribution in [2.45, 2.75) is 52.0 Å². The van der Waals surface area contributed by atoms with Crippen molar-refractivity contribution in [3.63, 3.8) is 0 Å². The van der Waals surface area contributed by atoms with Crippen molar-refractivity contribution in [3.8, 4) is 0 Å². The average Bonchev–Trinajstić information content (AvgIpc) is 2.84. The summed E-state index contributed by atoms with van der Waals surface area (Å²) in [4.78, 5) is 0. The molecule has 0 bridgehead atoms. The van der Waals surface area contributed by atoms with Crippen LogP contribution in [0.25, 0.3) is 0 Å². The fraction of sp³-hybridized carbons (Fsp3) is 1.00. The number of hydrogen-bond donors (Lipinski definition) is 2. The Labute approximate surface area is 88.8 Å². The fourth-order valence-corrected chi connectivity index (χ4v) is 1.51. The van der Waals surface area contributed by atoms with Crippen molar-refractivity contribution < 1.29 is 0 Å². The van der Waals surface area contributed by atoms with Crippen LogP contribution < -0.4 is 10.6 Å². The molecule has 1 aliphatic rings. The number of rotatable bonds is 7. The molecule has 1 aliphatic carbocycles. The summed E-state index contributed by atoms with van der Waals surface area (Å²) in [6.45, 7) is 10.2. The van der Waals surface area contributed by atoms with Gasteiger partial charge in [0.15, 0.2) is 0 Å². The highest BCUT2D eigenvalue weighted by atomic mass is 14.9. The normalized spacial score (nSPS) is 17.4. The van der Waals surface area contributed by atoms with Crippen molar-refractivity contribution in [2.75, 3.05) is 19.6 Å². The Morgan fingerprint density at radius 1 is 1.07 bits per heavy atom. The van der Waals surface area contributed by atoms with Crippen LogP contribution in [0.15, 0.2) is 0 Å². The van der Waals surface area contributed by atoms with E-state index in [4.69, 9.17) is 0 Å². The molecule has 0 aliphatic heterocycles. The van der Waals surface area contributed by atoms with Gasteiger partial charge in [0, 0.05) is 5.54 Å². The summed E-state index contributed by atoms with van der Waals surface area (Å²) in [6.07, 6.45) is 5.59. The third-order valence-electron chi connectivity index (χ3n) is 2.61. The third kappa shape index (κ3) is 7.34. The summed E-state index contributed by atoms with van der Waals surface area (Å²) < 4.78 is 0. The summed E-state index contributed by atoms with van der Waals surface area (Å²) in [6, 6.07) is 0. The van der Waals surface area contributed by atoms with Crippen molar-refractivity contribution in [3.05, 3.63) is 0 Å². The maximum atomic E-state index is 3.50. The van der Waals surface area contributed by atoms with Gasteiger partial charge in [-0.2, -0.15) is 0 Å². The van der Waals surface area contributed by atoms with Gasteiger partial charge < -0.3 is 10.6 Å². The van der Waals surface area contributed by atoms with Gasteiger partial charge in [-0.15, -0.1) is 0 Å². The summed E-state index contributed by atoms with van der Waals surface area (Å²) >= 11 is 0. The lowest BCUT2D eigenvalue weighted by Gasteiger charge is -2.20. The zero-order valence-corrected chi connectivity index (χ0v) is 10.0. The lowest BCUT2D eigenvalue weighted by molar-refractivity contribution is 0.418. The first kappa shape index (κ1) is 12.0. The SMILES string of the molecule is CC(C)(C)NCCCNCCC1CC1. The van der Waals surface area contributed by atoms with E-state index >= 15 is 0 Å². The van der Waals surface area contributed by atoms with Gasteiger partial charge in [0.25, 0.3) is 0 Å². The van der Waals surface area contributed by atoms with Crippen LogP contribution in [0, 0.1) is 5.92 Å². The van der Waals surface area contributed by atoms with Crippen LogP contribution in [-0.4, -0.2) is 25.2 Å². The molecule has 84 valence electrons. The first-order valence-electron chi connectivity index (χ1n) is 6.04. The van der Waals surface area contributed by atoms with Gasteiger partial charge in [0.1, 0.15) is 0 Å². The summed E-state index contributed by atoms with van der Waals surface area (Å²) in [5.41, 5.74) is 0.272. The zero-order chi connectivity index (χ0) is 10.4. The Morgan fingerprint density at radius 2 is 1.79 bits per heavy atom. The highest BCUT2D eigenvalue weighted by Crippen LogP contribution is 2.31. The molecule has 0 saturated heterocycles. The van der Waals surface area contributed by atoms with Crippen LogP contribution in [-0.2, 0) is 0 Å². The second kappa shape index (κ2) is 5.72. The second-order valence-corrected chi connectivity index (χ2v) is 5.51. The van der Waals surface area contributed by atoms with E-state index in [0.717, 1.165) is 19.0 Å². The Bertz CT molecular complexity index is 145. The van der Waals surface area contributed by atoms with Gasteiger partial charge in [-0.05, 0) is 59.2 Å². The quantitative estimate of drug-likeness (QED) is 0.613. The zero-order valence-electron chi connectivity index (χ0n) is 10.0. The third-order valence-corrected chi connectivity index (χ3v) is 2.61. The topological polar surface area (TPSA) is 24.1 Å². The summed E-state index contributed by atoms with van der Waals surface area (Å²) in [7, 11) is 0. The monoisotopic (exact) mass is 198 g/mol. The van der Waals surface area contributed by atoms with Crippen LogP contribution in [0.1, 0.15) is 46.5 Å². The maximum Gasteiger partial charge on any atom is 0.00965 e. The van der Waals surface area contributed by atoms with Gasteiger partial charge in [-0.25, -0.2) is 0 Å². The van der Waals surface area contributed by atoms with Crippen molar-refractivity contribution >= 4 is 0 Å². The molecule has 0 atom stereocenters. The van der Waals surface area contributed by atoms with Crippen LogP contribution >= 0.6 is 0 Å². The Hall–Kier alpha value is -0.0800. The molecule has 0 spiro atoms. The van der Waals surface area contributed by atoms with Gasteiger partial charge in [-0.3, -0.25) is 0 Å². The minimum atomic E-state index is 0.272. The van der Waals surface area contributed by atoms with Gasteiger partial charge in [0.05, 0.1) is 0 Å². The van der Waals surface area contributed by atoms with Crippen LogP contribution in [0.4, 0.5) is 0 Å². The summed E-state index contributed by atoms with van der Waals surface area (Å²) in [5.74, 6) is 1.07. The van der Waals surface area contributed by atoms with Crippen LogP contribution in [0.5, 0.6) is 0 Å². The number of hydrogen-bond acceptors (Lipinski definition) is 2. The highest BCUT2D eigenvalue weighted by Gasteiger charge is 2.19. The molecule has 1 rings (SSSR count). The predicted molar refractivity (Wildman–Crippen MR) is 62.6 cm³/mol. The van der Waals surface area contributed by atoms with E-state index in [1.54, 1.807) is 0 Å². The first-order valence-corrected chi connectivity index (χ1v) is 6.04. The minimum absolute atomic E-state index is 0.272. The Kier molecular flexibility index (Phi) is 4.90. The van der Waals surface area contributed by atoms with E-state index in [9.17, 15) is 0 Å². The number of nitrogens with one attached hydrogen (secondary N) is 2. The van der Waals surface area contributed by atoms with Crippen molar-refractivity contribution in [1.82, 2.24) is 10.6 Å². The standard InChI is InChI=1S/C12H26N2/c1-12(2,3)14-9-4-8-13-10-7-11-5-6-11/h11,13-14H,4-10H2,1-3H3. The molecule has 0 aromatic carbocycles. The molecular weight excluding hydrogens is 172 g/mol. The average molecular weight is 198 g/mol. The molecule has 0 amide bonds. The van der Waals surface area contributed by atoms with E-state index in [-0.39, 0.29) is 5.54 Å². The smallest absolute Gasteiger partial charge is 0.00965 e. The second-order valence-electron chi connectivity index (χ2n) is 5.51. The highest BCUT2D eigenvalue weighted by molar-refractivity contribution is 4.74. The lowest BCUT2D eigenvalue weighted by Crippen LogP contribution is -2.37.